The molecule has 0 unspecified atom stereocenters. The number of aliphatic imine (C=N–C) groups is 1. The van der Waals surface area contributed by atoms with Gasteiger partial charge in [-0.25, -0.2) is 9.98 Å². The second-order valence-electron chi connectivity index (χ2n) is 5.30. The molecule has 1 heterocycles. The molecule has 0 atom stereocenters. The molecule has 0 aliphatic heterocycles. The van der Waals surface area contributed by atoms with Gasteiger partial charge in [0.15, 0.2) is 5.96 Å². The molecule has 1 aromatic heterocycles. The summed E-state index contributed by atoms with van der Waals surface area (Å²) >= 11 is 0. The molecule has 26 heavy (non-hydrogen) atoms. The third-order valence-corrected chi connectivity index (χ3v) is 3.45. The summed E-state index contributed by atoms with van der Waals surface area (Å²) in [6, 6.07) is 7.60. The Morgan fingerprint density at radius 1 is 1.27 bits per heavy atom. The van der Waals surface area contributed by atoms with Crippen LogP contribution in [-0.2, 0) is 13.6 Å². The monoisotopic (exact) mass is 474 g/mol. The molecular weight excluding hydrogens is 447 g/mol. The van der Waals surface area contributed by atoms with Crippen LogP contribution in [0.15, 0.2) is 35.6 Å². The van der Waals surface area contributed by atoms with Crippen molar-refractivity contribution in [2.24, 2.45) is 12.0 Å². The third-order valence-electron chi connectivity index (χ3n) is 3.45. The van der Waals surface area contributed by atoms with Crippen LogP contribution >= 0.6 is 24.0 Å². The smallest absolute Gasteiger partial charge is 0.191 e. The maximum Gasteiger partial charge on any atom is 0.191 e. The summed E-state index contributed by atoms with van der Waals surface area (Å²) in [7, 11) is 3.50. The average Bonchev–Trinajstić information content (AvgIpc) is 3.04. The first-order chi connectivity index (χ1) is 12.2. The topological polar surface area (TPSA) is 85.6 Å². The summed E-state index contributed by atoms with van der Waals surface area (Å²) in [6.07, 6.45) is 2.38. The zero-order valence-electron chi connectivity index (χ0n) is 15.4. The van der Waals surface area contributed by atoms with Gasteiger partial charge in [-0.2, -0.15) is 5.10 Å². The maximum absolute atomic E-state index is 5.72. The Morgan fingerprint density at radius 2 is 2.08 bits per heavy atom. The van der Waals surface area contributed by atoms with Crippen molar-refractivity contribution in [2.75, 3.05) is 26.8 Å². The number of aryl methyl sites for hydroxylation is 1. The summed E-state index contributed by atoms with van der Waals surface area (Å²) in [5.74, 6) is 3.17. The number of benzene rings is 1. The van der Waals surface area contributed by atoms with Gasteiger partial charge in [0.05, 0.1) is 13.7 Å². The van der Waals surface area contributed by atoms with Gasteiger partial charge in [-0.15, -0.1) is 24.0 Å². The fourth-order valence-electron chi connectivity index (χ4n) is 2.11. The van der Waals surface area contributed by atoms with Crippen LogP contribution in [0.5, 0.6) is 11.5 Å². The summed E-state index contributed by atoms with van der Waals surface area (Å²) in [5, 5.41) is 10.5. The minimum absolute atomic E-state index is 0. The lowest BCUT2D eigenvalue weighted by atomic mass is 10.3. The normalized spacial score (nSPS) is 10.8. The first-order valence-corrected chi connectivity index (χ1v) is 8.34. The second kappa shape index (κ2) is 12.3. The standard InChI is InChI=1S/C17H26N6O2.HI/c1-4-18-17(20-12-16-21-13-22-23(16)2)19-9-6-10-25-15-8-5-7-14(11-15)24-3;/h5,7-8,11,13H,4,6,9-10,12H2,1-3H3,(H2,18,19,20);1H. The molecule has 0 amide bonds. The highest BCUT2D eigenvalue weighted by Crippen LogP contribution is 2.18. The number of hydrogen-bond acceptors (Lipinski definition) is 5. The molecule has 8 nitrogen and oxygen atoms in total. The predicted molar refractivity (Wildman–Crippen MR) is 112 cm³/mol. The minimum Gasteiger partial charge on any atom is -0.497 e. The van der Waals surface area contributed by atoms with Crippen LogP contribution in [0.4, 0.5) is 0 Å². The van der Waals surface area contributed by atoms with Gasteiger partial charge in [0.1, 0.15) is 30.2 Å². The van der Waals surface area contributed by atoms with Crippen molar-refractivity contribution >= 4 is 29.9 Å². The third kappa shape index (κ3) is 7.46. The molecule has 2 N–H and O–H groups in total. The number of rotatable bonds is 9. The quantitative estimate of drug-likeness (QED) is 0.250. The van der Waals surface area contributed by atoms with Gasteiger partial charge < -0.3 is 20.1 Å². The van der Waals surface area contributed by atoms with Crippen LogP contribution in [-0.4, -0.2) is 47.5 Å². The van der Waals surface area contributed by atoms with E-state index in [1.54, 1.807) is 11.8 Å². The van der Waals surface area contributed by atoms with E-state index in [1.807, 2.05) is 38.2 Å². The molecular formula is C17H27IN6O2. The minimum atomic E-state index is 0. The van der Waals surface area contributed by atoms with Crippen molar-refractivity contribution < 1.29 is 9.47 Å². The Kier molecular flexibility index (Phi) is 10.4. The van der Waals surface area contributed by atoms with Crippen LogP contribution in [0.1, 0.15) is 19.2 Å². The Labute approximate surface area is 171 Å². The summed E-state index contributed by atoms with van der Waals surface area (Å²) < 4.78 is 12.6. The van der Waals surface area contributed by atoms with Crippen LogP contribution < -0.4 is 20.1 Å². The van der Waals surface area contributed by atoms with E-state index in [4.69, 9.17) is 9.47 Å². The Bertz CT molecular complexity index is 677. The van der Waals surface area contributed by atoms with Gasteiger partial charge in [0, 0.05) is 26.2 Å². The Morgan fingerprint density at radius 3 is 2.77 bits per heavy atom. The highest BCUT2D eigenvalue weighted by Gasteiger charge is 2.02. The number of methoxy groups -OCH3 is 1. The molecule has 0 fully saturated rings. The SMILES string of the molecule is CCNC(=NCc1ncnn1C)NCCCOc1cccc(OC)c1.I. The Hall–Kier alpha value is -2.04. The van der Waals surface area contributed by atoms with Crippen LogP contribution in [0.3, 0.4) is 0 Å². The fourth-order valence-corrected chi connectivity index (χ4v) is 2.11. The van der Waals surface area contributed by atoms with E-state index < -0.39 is 0 Å². The van der Waals surface area contributed by atoms with Gasteiger partial charge in [0.25, 0.3) is 0 Å². The molecule has 144 valence electrons. The molecule has 0 bridgehead atoms. The summed E-state index contributed by atoms with van der Waals surface area (Å²) in [5.41, 5.74) is 0. The zero-order chi connectivity index (χ0) is 17.9. The number of ether oxygens (including phenoxy) is 2. The van der Waals surface area contributed by atoms with Crippen molar-refractivity contribution in [3.63, 3.8) is 0 Å². The summed E-state index contributed by atoms with van der Waals surface area (Å²) in [6.45, 7) is 4.68. The van der Waals surface area contributed by atoms with Crippen molar-refractivity contribution in [3.05, 3.63) is 36.4 Å². The predicted octanol–water partition coefficient (Wildman–Crippen LogP) is 1.97. The Balaban J connectivity index is 0.00000338. The number of aromatic nitrogens is 3. The van der Waals surface area contributed by atoms with E-state index in [2.05, 4.69) is 25.7 Å². The largest absolute Gasteiger partial charge is 0.497 e. The molecule has 0 saturated carbocycles. The molecule has 2 aromatic rings. The molecule has 1 aromatic carbocycles. The fraction of sp³-hybridized carbons (Fsp3) is 0.471. The number of halogens is 1. The molecule has 0 saturated heterocycles. The van der Waals surface area contributed by atoms with Crippen molar-refractivity contribution in [1.29, 1.82) is 0 Å². The van der Waals surface area contributed by atoms with Gasteiger partial charge in [-0.05, 0) is 25.5 Å². The molecule has 0 aliphatic rings. The first kappa shape index (κ1) is 22.0. The van der Waals surface area contributed by atoms with Crippen molar-refractivity contribution in [3.8, 4) is 11.5 Å². The van der Waals surface area contributed by atoms with Gasteiger partial charge in [0.2, 0.25) is 0 Å². The number of guanidine groups is 1. The highest BCUT2D eigenvalue weighted by molar-refractivity contribution is 14.0. The van der Waals surface area contributed by atoms with E-state index in [9.17, 15) is 0 Å². The maximum atomic E-state index is 5.72. The lowest BCUT2D eigenvalue weighted by Crippen LogP contribution is -2.38. The van der Waals surface area contributed by atoms with E-state index in [1.165, 1.54) is 6.33 Å². The van der Waals surface area contributed by atoms with Crippen LogP contribution in [0.2, 0.25) is 0 Å². The van der Waals surface area contributed by atoms with E-state index >= 15 is 0 Å². The van der Waals surface area contributed by atoms with Gasteiger partial charge >= 0.3 is 0 Å². The van der Waals surface area contributed by atoms with Gasteiger partial charge in [-0.1, -0.05) is 6.07 Å². The van der Waals surface area contributed by atoms with E-state index in [-0.39, 0.29) is 24.0 Å². The van der Waals surface area contributed by atoms with Crippen molar-refractivity contribution in [2.45, 2.75) is 19.9 Å². The van der Waals surface area contributed by atoms with E-state index in [0.717, 1.165) is 42.8 Å². The first-order valence-electron chi connectivity index (χ1n) is 8.34. The average molecular weight is 474 g/mol. The zero-order valence-corrected chi connectivity index (χ0v) is 17.8. The molecule has 9 heteroatoms. The molecule has 0 aliphatic carbocycles. The lowest BCUT2D eigenvalue weighted by Gasteiger charge is -2.12. The van der Waals surface area contributed by atoms with Crippen LogP contribution in [0, 0.1) is 0 Å². The lowest BCUT2D eigenvalue weighted by molar-refractivity contribution is 0.308. The molecule has 2 rings (SSSR count). The van der Waals surface area contributed by atoms with E-state index in [0.29, 0.717) is 13.2 Å². The summed E-state index contributed by atoms with van der Waals surface area (Å²) in [4.78, 5) is 8.67. The van der Waals surface area contributed by atoms with Gasteiger partial charge in [-0.3, -0.25) is 4.68 Å². The van der Waals surface area contributed by atoms with Crippen LogP contribution in [0.25, 0.3) is 0 Å². The molecule has 0 radical (unpaired) electrons. The molecule has 0 spiro atoms. The highest BCUT2D eigenvalue weighted by atomic mass is 127. The number of nitrogens with zero attached hydrogens (tertiary/aromatic N) is 4. The number of hydrogen-bond donors (Lipinski definition) is 2. The number of nitrogens with one attached hydrogen (secondary N) is 2. The second-order valence-corrected chi connectivity index (χ2v) is 5.30. The van der Waals surface area contributed by atoms with Crippen molar-refractivity contribution in [1.82, 2.24) is 25.4 Å².